The van der Waals surface area contributed by atoms with E-state index < -0.39 is 6.04 Å². The van der Waals surface area contributed by atoms with Gasteiger partial charge in [-0.1, -0.05) is 97.6 Å². The maximum absolute atomic E-state index is 13.9. The number of amides is 2. The van der Waals surface area contributed by atoms with Crippen molar-refractivity contribution in [1.82, 2.24) is 10.2 Å². The second kappa shape index (κ2) is 14.8. The zero-order valence-electron chi connectivity index (χ0n) is 23.2. The molecule has 0 heterocycles. The lowest BCUT2D eigenvalue weighted by atomic mass is 9.94. The molecule has 0 radical (unpaired) electrons. The Kier molecular flexibility index (Phi) is 11.2. The number of nitrogens with zero attached hydrogens (tertiary/aromatic N) is 1. The van der Waals surface area contributed by atoms with Gasteiger partial charge in [0.2, 0.25) is 5.91 Å². The number of carbonyl (C=O) groups is 2. The topological polar surface area (TPSA) is 58.6 Å². The molecule has 0 unspecified atom stereocenters. The number of rotatable bonds is 11. The third-order valence-electron chi connectivity index (χ3n) is 7.44. The van der Waals surface area contributed by atoms with Gasteiger partial charge in [-0.15, -0.1) is 0 Å². The highest BCUT2D eigenvalue weighted by Crippen LogP contribution is 2.29. The number of hydrogen-bond acceptors (Lipinski definition) is 3. The molecule has 3 aromatic carbocycles. The predicted molar refractivity (Wildman–Crippen MR) is 167 cm³/mol. The summed E-state index contributed by atoms with van der Waals surface area (Å²) in [5, 5.41) is 3.28. The summed E-state index contributed by atoms with van der Waals surface area (Å²) in [6.07, 6.45) is 5.82. The van der Waals surface area contributed by atoms with Gasteiger partial charge in [-0.3, -0.25) is 9.59 Å². The first-order valence-electron chi connectivity index (χ1n) is 14.1. The molecule has 5 nitrogen and oxygen atoms in total. The number of nitrogens with one attached hydrogen (secondary N) is 1. The van der Waals surface area contributed by atoms with Gasteiger partial charge in [0.15, 0.2) is 6.61 Å². The Bertz CT molecular complexity index is 1280. The molecule has 0 bridgehead atoms. The summed E-state index contributed by atoms with van der Waals surface area (Å²) in [5.41, 5.74) is 3.13. The molecule has 2 amide bonds. The van der Waals surface area contributed by atoms with Crippen molar-refractivity contribution >= 4 is 43.7 Å². The fourth-order valence-electron chi connectivity index (χ4n) is 5.15. The summed E-state index contributed by atoms with van der Waals surface area (Å²) in [7, 11) is 0. The number of halogens is 2. The van der Waals surface area contributed by atoms with Crippen LogP contribution < -0.4 is 10.1 Å². The SMILES string of the molecule is CC(C)c1ccc(OCC(=O)N(Cc2cccc(Br)c2)[C@@H](Cc2ccccc2)C(=O)NC2CCCCC2)c(Br)c1. The number of hydrogen-bond donors (Lipinski definition) is 1. The molecule has 1 aliphatic rings. The van der Waals surface area contributed by atoms with E-state index >= 15 is 0 Å². The second-order valence-corrected chi connectivity index (χ2v) is 12.6. The minimum absolute atomic E-state index is 0.110. The molecule has 3 aromatic rings. The van der Waals surface area contributed by atoms with Crippen LogP contribution in [0, 0.1) is 0 Å². The smallest absolute Gasteiger partial charge is 0.261 e. The Morgan fingerprint density at radius 1 is 0.925 bits per heavy atom. The van der Waals surface area contributed by atoms with Gasteiger partial charge in [-0.25, -0.2) is 0 Å². The van der Waals surface area contributed by atoms with Gasteiger partial charge < -0.3 is 15.0 Å². The van der Waals surface area contributed by atoms with Crippen molar-refractivity contribution in [2.75, 3.05) is 6.61 Å². The first kappa shape index (κ1) is 30.3. The van der Waals surface area contributed by atoms with Gasteiger partial charge in [0.1, 0.15) is 11.8 Å². The average molecular weight is 670 g/mol. The van der Waals surface area contributed by atoms with Crippen molar-refractivity contribution in [3.63, 3.8) is 0 Å². The minimum atomic E-state index is -0.675. The van der Waals surface area contributed by atoms with Gasteiger partial charge in [-0.2, -0.15) is 0 Å². The lowest BCUT2D eigenvalue weighted by Gasteiger charge is -2.33. The van der Waals surface area contributed by atoms with E-state index in [-0.39, 0.29) is 24.5 Å². The van der Waals surface area contributed by atoms with Crippen LogP contribution in [0.15, 0.2) is 81.7 Å². The summed E-state index contributed by atoms with van der Waals surface area (Å²) in [6, 6.07) is 23.2. The summed E-state index contributed by atoms with van der Waals surface area (Å²) in [6.45, 7) is 4.40. The first-order chi connectivity index (χ1) is 19.3. The van der Waals surface area contributed by atoms with Crippen molar-refractivity contribution in [2.45, 2.75) is 76.9 Å². The van der Waals surface area contributed by atoms with Crippen LogP contribution in [0.5, 0.6) is 5.75 Å². The molecule has 40 heavy (non-hydrogen) atoms. The molecule has 0 saturated heterocycles. The molecule has 7 heteroatoms. The maximum atomic E-state index is 13.9. The molecule has 1 aliphatic carbocycles. The van der Waals surface area contributed by atoms with Crippen molar-refractivity contribution in [2.24, 2.45) is 0 Å². The third-order valence-corrected chi connectivity index (χ3v) is 8.55. The molecule has 0 aromatic heterocycles. The predicted octanol–water partition coefficient (Wildman–Crippen LogP) is 7.80. The Hall–Kier alpha value is -2.64. The molecule has 1 atom stereocenters. The van der Waals surface area contributed by atoms with Crippen molar-refractivity contribution < 1.29 is 14.3 Å². The van der Waals surface area contributed by atoms with Crippen LogP contribution in [0.4, 0.5) is 0 Å². The monoisotopic (exact) mass is 668 g/mol. The Balaban J connectivity index is 1.61. The highest BCUT2D eigenvalue weighted by molar-refractivity contribution is 9.10. The molecule has 0 spiro atoms. The van der Waals surface area contributed by atoms with Crippen LogP contribution in [-0.4, -0.2) is 35.4 Å². The Morgan fingerprint density at radius 2 is 1.65 bits per heavy atom. The Labute approximate surface area is 254 Å². The molecular weight excluding hydrogens is 632 g/mol. The number of benzene rings is 3. The van der Waals surface area contributed by atoms with Crippen LogP contribution in [0.2, 0.25) is 0 Å². The van der Waals surface area contributed by atoms with Gasteiger partial charge in [0.05, 0.1) is 4.47 Å². The zero-order chi connectivity index (χ0) is 28.5. The van der Waals surface area contributed by atoms with E-state index in [2.05, 4.69) is 51.0 Å². The minimum Gasteiger partial charge on any atom is -0.483 e. The maximum Gasteiger partial charge on any atom is 0.261 e. The molecule has 1 saturated carbocycles. The molecule has 1 fully saturated rings. The largest absolute Gasteiger partial charge is 0.483 e. The van der Waals surface area contributed by atoms with Gasteiger partial charge in [0.25, 0.3) is 5.91 Å². The van der Waals surface area contributed by atoms with E-state index in [1.807, 2.05) is 72.8 Å². The quantitative estimate of drug-likeness (QED) is 0.227. The van der Waals surface area contributed by atoms with Crippen LogP contribution in [0.3, 0.4) is 0 Å². The van der Waals surface area contributed by atoms with Crippen molar-refractivity contribution in [1.29, 1.82) is 0 Å². The molecule has 4 rings (SSSR count). The van der Waals surface area contributed by atoms with Crippen LogP contribution >= 0.6 is 31.9 Å². The number of carbonyl (C=O) groups excluding carboxylic acids is 2. The van der Waals surface area contributed by atoms with E-state index in [9.17, 15) is 9.59 Å². The van der Waals surface area contributed by atoms with E-state index in [0.29, 0.717) is 24.6 Å². The lowest BCUT2D eigenvalue weighted by molar-refractivity contribution is -0.143. The van der Waals surface area contributed by atoms with Crippen LogP contribution in [0.25, 0.3) is 0 Å². The van der Waals surface area contributed by atoms with E-state index in [4.69, 9.17) is 4.74 Å². The third kappa shape index (κ3) is 8.68. The Morgan fingerprint density at radius 3 is 2.33 bits per heavy atom. The molecule has 0 aliphatic heterocycles. The molecular formula is C33H38Br2N2O3. The summed E-state index contributed by atoms with van der Waals surface area (Å²) in [5.74, 6) is 0.640. The van der Waals surface area contributed by atoms with Gasteiger partial charge in [0, 0.05) is 23.5 Å². The van der Waals surface area contributed by atoms with Crippen molar-refractivity contribution in [3.05, 3.63) is 98.4 Å². The van der Waals surface area contributed by atoms with E-state index in [1.54, 1.807) is 4.90 Å². The fraction of sp³-hybridized carbons (Fsp3) is 0.394. The van der Waals surface area contributed by atoms with Crippen LogP contribution in [-0.2, 0) is 22.6 Å². The normalized spacial score (nSPS) is 14.5. The lowest BCUT2D eigenvalue weighted by Crippen LogP contribution is -2.53. The van der Waals surface area contributed by atoms with Gasteiger partial charge >= 0.3 is 0 Å². The fourth-order valence-corrected chi connectivity index (χ4v) is 6.10. The summed E-state index contributed by atoms with van der Waals surface area (Å²) < 4.78 is 7.76. The average Bonchev–Trinajstić information content (AvgIpc) is 2.95. The summed E-state index contributed by atoms with van der Waals surface area (Å²) >= 11 is 7.14. The van der Waals surface area contributed by atoms with Gasteiger partial charge in [-0.05, 0) is 75.6 Å². The first-order valence-corrected chi connectivity index (χ1v) is 15.7. The van der Waals surface area contributed by atoms with Crippen LogP contribution in [0.1, 0.15) is 68.6 Å². The highest BCUT2D eigenvalue weighted by Gasteiger charge is 2.32. The number of ether oxygens (including phenoxy) is 1. The summed E-state index contributed by atoms with van der Waals surface area (Å²) in [4.78, 5) is 29.5. The second-order valence-electron chi connectivity index (χ2n) is 10.8. The van der Waals surface area contributed by atoms with E-state index in [1.165, 1.54) is 12.0 Å². The van der Waals surface area contributed by atoms with Crippen molar-refractivity contribution in [3.8, 4) is 5.75 Å². The highest BCUT2D eigenvalue weighted by atomic mass is 79.9. The molecule has 1 N–H and O–H groups in total. The standard InChI is InChI=1S/C33H38Br2N2O3/c1-23(2)26-16-17-31(29(35)20-26)40-22-32(38)37(21-25-12-9-13-27(34)18-25)30(19-24-10-5-3-6-11-24)33(39)36-28-14-7-4-8-15-28/h3,5-6,9-13,16-18,20,23,28,30H,4,7-8,14-15,19,21-22H2,1-2H3,(H,36,39)/t30-/m0/s1. The van der Waals surface area contributed by atoms with E-state index in [0.717, 1.165) is 45.8 Å². The molecule has 212 valence electrons. The zero-order valence-corrected chi connectivity index (χ0v) is 26.4.